The zero-order chi connectivity index (χ0) is 18.0. The quantitative estimate of drug-likeness (QED) is 0.701. The predicted octanol–water partition coefficient (Wildman–Crippen LogP) is 1.37. The molecule has 0 saturated carbocycles. The number of benzene rings is 2. The van der Waals surface area contributed by atoms with E-state index in [1.807, 2.05) is 19.1 Å². The largest absolute Gasteiger partial charge is 0.326 e. The van der Waals surface area contributed by atoms with Crippen molar-refractivity contribution in [3.05, 3.63) is 59.2 Å². The molecule has 2 aromatic rings. The number of hydrazine groups is 1. The monoisotopic (exact) mass is 359 g/mol. The van der Waals surface area contributed by atoms with Gasteiger partial charge in [-0.25, -0.2) is 8.42 Å². The van der Waals surface area contributed by atoms with Gasteiger partial charge in [0.1, 0.15) is 0 Å². The fourth-order valence-corrected chi connectivity index (χ4v) is 3.40. The van der Waals surface area contributed by atoms with Gasteiger partial charge in [-0.1, -0.05) is 19.1 Å². The van der Waals surface area contributed by atoms with Gasteiger partial charge in [-0.15, -0.1) is 4.83 Å². The average molecular weight is 359 g/mol. The van der Waals surface area contributed by atoms with Crippen molar-refractivity contribution >= 4 is 27.5 Å². The van der Waals surface area contributed by atoms with Gasteiger partial charge >= 0.3 is 0 Å². The lowest BCUT2D eigenvalue weighted by Gasteiger charge is -2.10. The lowest BCUT2D eigenvalue weighted by atomic mass is 10.1. The smallest absolute Gasteiger partial charge is 0.266 e. The summed E-state index contributed by atoms with van der Waals surface area (Å²) in [7, 11) is -3.94. The van der Waals surface area contributed by atoms with Crippen molar-refractivity contribution < 1.29 is 18.0 Å². The van der Waals surface area contributed by atoms with Gasteiger partial charge in [0.2, 0.25) is 5.91 Å². The van der Waals surface area contributed by atoms with Gasteiger partial charge in [0, 0.05) is 11.3 Å². The Hall–Kier alpha value is -2.71. The third-order valence-electron chi connectivity index (χ3n) is 3.94. The molecule has 2 amide bonds. The van der Waals surface area contributed by atoms with Gasteiger partial charge in [-0.05, 0) is 47.9 Å². The molecule has 3 N–H and O–H groups in total. The molecule has 0 radical (unpaired) electrons. The second-order valence-electron chi connectivity index (χ2n) is 5.65. The SMILES string of the molecule is CCc1ccc(C(=O)NNS(=O)(=O)c2ccc3c(c2)CC(=O)N3)cc1. The van der Waals surface area contributed by atoms with Gasteiger partial charge in [0.15, 0.2) is 0 Å². The highest BCUT2D eigenvalue weighted by molar-refractivity contribution is 7.89. The number of hydrogen-bond acceptors (Lipinski definition) is 4. The summed E-state index contributed by atoms with van der Waals surface area (Å²) >= 11 is 0. The summed E-state index contributed by atoms with van der Waals surface area (Å²) in [6.45, 7) is 2.00. The molecule has 1 aliphatic rings. The van der Waals surface area contributed by atoms with E-state index in [0.717, 1.165) is 12.0 Å². The van der Waals surface area contributed by atoms with E-state index in [2.05, 4.69) is 15.6 Å². The van der Waals surface area contributed by atoms with Crippen molar-refractivity contribution in [2.24, 2.45) is 0 Å². The number of hydrogen-bond donors (Lipinski definition) is 3. The Morgan fingerprint density at radius 2 is 1.88 bits per heavy atom. The van der Waals surface area contributed by atoms with E-state index >= 15 is 0 Å². The van der Waals surface area contributed by atoms with Crippen molar-refractivity contribution in [3.8, 4) is 0 Å². The topological polar surface area (TPSA) is 104 Å². The van der Waals surface area contributed by atoms with Gasteiger partial charge in [0.05, 0.1) is 11.3 Å². The maximum atomic E-state index is 12.3. The molecule has 0 atom stereocenters. The molecule has 0 unspecified atom stereocenters. The summed E-state index contributed by atoms with van der Waals surface area (Å²) in [5.74, 6) is -0.731. The second kappa shape index (κ2) is 6.66. The molecule has 1 aliphatic heterocycles. The molecule has 25 heavy (non-hydrogen) atoms. The van der Waals surface area contributed by atoms with E-state index in [9.17, 15) is 18.0 Å². The van der Waals surface area contributed by atoms with E-state index < -0.39 is 15.9 Å². The van der Waals surface area contributed by atoms with E-state index in [1.54, 1.807) is 12.1 Å². The predicted molar refractivity (Wildman–Crippen MR) is 92.4 cm³/mol. The fraction of sp³-hybridized carbons (Fsp3) is 0.176. The summed E-state index contributed by atoms with van der Waals surface area (Å²) in [6, 6.07) is 11.2. The zero-order valence-electron chi connectivity index (χ0n) is 13.5. The van der Waals surface area contributed by atoms with Gasteiger partial charge in [0.25, 0.3) is 15.9 Å². The molecule has 1 heterocycles. The Labute approximate surface area is 145 Å². The van der Waals surface area contributed by atoms with Gasteiger partial charge < -0.3 is 5.32 Å². The highest BCUT2D eigenvalue weighted by Crippen LogP contribution is 2.25. The van der Waals surface area contributed by atoms with Crippen LogP contribution in [0.15, 0.2) is 47.4 Å². The number of rotatable bonds is 5. The van der Waals surface area contributed by atoms with Crippen LogP contribution in [0.1, 0.15) is 28.4 Å². The molecule has 7 nitrogen and oxygen atoms in total. The molecule has 8 heteroatoms. The van der Waals surface area contributed by atoms with Crippen LogP contribution >= 0.6 is 0 Å². The Bertz CT molecular complexity index is 937. The van der Waals surface area contributed by atoms with Crippen LogP contribution in [0.3, 0.4) is 0 Å². The first kappa shape index (κ1) is 17.1. The van der Waals surface area contributed by atoms with Crippen LogP contribution in [0.25, 0.3) is 0 Å². The Morgan fingerprint density at radius 3 is 2.56 bits per heavy atom. The summed E-state index contributed by atoms with van der Waals surface area (Å²) in [6.07, 6.45) is 0.985. The highest BCUT2D eigenvalue weighted by Gasteiger charge is 2.22. The lowest BCUT2D eigenvalue weighted by molar-refractivity contribution is -0.115. The molecular weight excluding hydrogens is 342 g/mol. The van der Waals surface area contributed by atoms with Crippen LogP contribution in [0.4, 0.5) is 5.69 Å². The molecule has 0 spiro atoms. The maximum absolute atomic E-state index is 12.3. The normalized spacial score (nSPS) is 13.2. The van der Waals surface area contributed by atoms with Crippen LogP contribution in [0, 0.1) is 0 Å². The standard InChI is InChI=1S/C17H17N3O4S/c1-2-11-3-5-12(6-4-11)17(22)19-20-25(23,24)14-7-8-15-13(9-14)10-16(21)18-15/h3-9,20H,2,10H2,1H3,(H,18,21)(H,19,22). The molecule has 0 aliphatic carbocycles. The van der Waals surface area contributed by atoms with Crippen molar-refractivity contribution in [1.82, 2.24) is 10.3 Å². The Morgan fingerprint density at radius 1 is 1.16 bits per heavy atom. The van der Waals surface area contributed by atoms with Gasteiger partial charge in [-0.3, -0.25) is 15.0 Å². The number of sulfonamides is 1. The molecule has 130 valence electrons. The Balaban J connectivity index is 1.70. The first-order chi connectivity index (χ1) is 11.9. The summed E-state index contributed by atoms with van der Waals surface area (Å²) in [5, 5.41) is 2.63. The fourth-order valence-electron chi connectivity index (χ4n) is 2.51. The summed E-state index contributed by atoms with van der Waals surface area (Å²) < 4.78 is 24.6. The number of aryl methyl sites for hydroxylation is 1. The van der Waals surface area contributed by atoms with Crippen LogP contribution < -0.4 is 15.6 Å². The molecule has 0 fully saturated rings. The number of carbonyl (C=O) groups is 2. The van der Waals surface area contributed by atoms with Crippen molar-refractivity contribution in [3.63, 3.8) is 0 Å². The van der Waals surface area contributed by atoms with Crippen molar-refractivity contribution in [2.45, 2.75) is 24.7 Å². The van der Waals surface area contributed by atoms with E-state index in [4.69, 9.17) is 0 Å². The molecule has 3 rings (SSSR count). The molecular formula is C17H17N3O4S. The number of anilines is 1. The minimum Gasteiger partial charge on any atom is -0.326 e. The van der Waals surface area contributed by atoms with E-state index in [0.29, 0.717) is 16.8 Å². The first-order valence-corrected chi connectivity index (χ1v) is 9.21. The van der Waals surface area contributed by atoms with E-state index in [-0.39, 0.29) is 17.2 Å². The Kier molecular flexibility index (Phi) is 4.56. The van der Waals surface area contributed by atoms with Crippen molar-refractivity contribution in [2.75, 3.05) is 5.32 Å². The molecule has 0 aromatic heterocycles. The maximum Gasteiger partial charge on any atom is 0.266 e. The average Bonchev–Trinajstić information content (AvgIpc) is 2.99. The minimum atomic E-state index is -3.94. The molecule has 0 bridgehead atoms. The number of fused-ring (bicyclic) bond motifs is 1. The zero-order valence-corrected chi connectivity index (χ0v) is 14.3. The van der Waals surface area contributed by atoms with Crippen LogP contribution in [0.2, 0.25) is 0 Å². The van der Waals surface area contributed by atoms with Crippen LogP contribution in [-0.2, 0) is 27.7 Å². The lowest BCUT2D eigenvalue weighted by Crippen LogP contribution is -2.41. The van der Waals surface area contributed by atoms with E-state index in [1.165, 1.54) is 18.2 Å². The minimum absolute atomic E-state index is 0.0237. The first-order valence-electron chi connectivity index (χ1n) is 7.73. The van der Waals surface area contributed by atoms with Crippen LogP contribution in [0.5, 0.6) is 0 Å². The highest BCUT2D eigenvalue weighted by atomic mass is 32.2. The number of amides is 2. The summed E-state index contributed by atoms with van der Waals surface area (Å²) in [5.41, 5.74) is 4.83. The third-order valence-corrected chi connectivity index (χ3v) is 5.18. The van der Waals surface area contributed by atoms with Crippen molar-refractivity contribution in [1.29, 1.82) is 0 Å². The number of carbonyl (C=O) groups excluding carboxylic acids is 2. The van der Waals surface area contributed by atoms with Gasteiger partial charge in [-0.2, -0.15) is 0 Å². The number of nitrogens with one attached hydrogen (secondary N) is 3. The third kappa shape index (κ3) is 3.70. The molecule has 0 saturated heterocycles. The van der Waals surface area contributed by atoms with Crippen LogP contribution in [-0.4, -0.2) is 20.2 Å². The second-order valence-corrected chi connectivity index (χ2v) is 7.34. The molecule has 2 aromatic carbocycles. The summed E-state index contributed by atoms with van der Waals surface area (Å²) in [4.78, 5) is 25.5.